The molecule has 12 nitrogen and oxygen atoms in total. The molecule has 1 aromatic carbocycles. The number of methoxy groups -OCH3 is 1. The number of benzene rings is 1. The lowest BCUT2D eigenvalue weighted by atomic mass is 9.63. The average molecular weight is 560 g/mol. The van der Waals surface area contributed by atoms with Crippen LogP contribution in [-0.2, 0) is 14.3 Å². The van der Waals surface area contributed by atoms with Crippen LogP contribution in [0.3, 0.4) is 0 Å². The van der Waals surface area contributed by atoms with E-state index in [1.807, 2.05) is 0 Å². The molecule has 4 aliphatic rings. The molecule has 0 aromatic heterocycles. The van der Waals surface area contributed by atoms with Gasteiger partial charge in [0.15, 0.2) is 23.6 Å². The van der Waals surface area contributed by atoms with Gasteiger partial charge in [-0.1, -0.05) is 12.1 Å². The highest BCUT2D eigenvalue weighted by Gasteiger charge is 2.56. The highest BCUT2D eigenvalue weighted by molar-refractivity contribution is 6.19. The number of hydrogen-bond acceptors (Lipinski definition) is 12. The topological polar surface area (TPSA) is 192 Å². The lowest BCUT2D eigenvalue weighted by Crippen LogP contribution is -2.55. The van der Waals surface area contributed by atoms with Crippen LogP contribution in [0.4, 0.5) is 0 Å². The van der Waals surface area contributed by atoms with Crippen molar-refractivity contribution >= 4 is 17.3 Å². The Kier molecular flexibility index (Phi) is 7.36. The van der Waals surface area contributed by atoms with Crippen LogP contribution in [0, 0.1) is 11.8 Å². The quantitative estimate of drug-likeness (QED) is 0.283. The Morgan fingerprint density at radius 3 is 2.52 bits per heavy atom. The molecule has 216 valence electrons. The van der Waals surface area contributed by atoms with Crippen molar-refractivity contribution in [3.05, 3.63) is 52.0 Å². The molecule has 2 fully saturated rings. The van der Waals surface area contributed by atoms with Gasteiger partial charge in [-0.3, -0.25) is 14.4 Å². The fourth-order valence-corrected chi connectivity index (χ4v) is 6.40. The smallest absolute Gasteiger partial charge is 0.190 e. The lowest BCUT2D eigenvalue weighted by Gasteiger charge is -2.46. The van der Waals surface area contributed by atoms with Crippen LogP contribution in [0.2, 0.25) is 0 Å². The molecular formula is C28H33NO11. The zero-order valence-corrected chi connectivity index (χ0v) is 22.3. The number of ether oxygens (including phenoxy) is 3. The van der Waals surface area contributed by atoms with Crippen molar-refractivity contribution < 1.29 is 54.1 Å². The van der Waals surface area contributed by atoms with E-state index in [0.29, 0.717) is 0 Å². The fourth-order valence-electron chi connectivity index (χ4n) is 6.40. The number of aliphatic hydroxyl groups excluding tert-OH is 4. The maximum atomic E-state index is 13.7. The third-order valence-corrected chi connectivity index (χ3v) is 8.53. The largest absolute Gasteiger partial charge is 0.511 e. The molecule has 1 aliphatic heterocycles. The summed E-state index contributed by atoms with van der Waals surface area (Å²) in [5.41, 5.74) is -2.35. The monoisotopic (exact) mass is 559 g/mol. The number of rotatable bonds is 6. The van der Waals surface area contributed by atoms with E-state index < -0.39 is 96.4 Å². The second-order valence-corrected chi connectivity index (χ2v) is 10.7. The van der Waals surface area contributed by atoms with Gasteiger partial charge in [0.05, 0.1) is 42.8 Å². The molecule has 6 N–H and O–H groups in total. The number of ketones is 3. The van der Waals surface area contributed by atoms with Gasteiger partial charge in [0, 0.05) is 42.0 Å². The van der Waals surface area contributed by atoms with Gasteiger partial charge in [-0.15, -0.1) is 0 Å². The molecule has 1 aromatic rings. The van der Waals surface area contributed by atoms with Crippen LogP contribution in [0.25, 0.3) is 0 Å². The SMILES string of the molecule is CN[C@H]1C[C@H](O[C@H]2C[C@](O)(C(=O)CO)CC3=C(O)C4C(=O)c5cccc(OC)c5C(=O)C4C(O)=C32)O[C@@H](C)[C@H]1O. The van der Waals surface area contributed by atoms with E-state index in [4.69, 9.17) is 14.2 Å². The lowest BCUT2D eigenvalue weighted by molar-refractivity contribution is -0.242. The van der Waals surface area contributed by atoms with Crippen molar-refractivity contribution in [3.63, 3.8) is 0 Å². The molecule has 8 atom stereocenters. The Bertz CT molecular complexity index is 1320. The molecule has 40 heavy (non-hydrogen) atoms. The third kappa shape index (κ3) is 4.26. The van der Waals surface area contributed by atoms with Gasteiger partial charge < -0.3 is 45.1 Å². The molecule has 0 amide bonds. The number of likely N-dealkylation sites (N-methyl/N-ethyl adjacent to an activating group) is 1. The number of nitrogens with one attached hydrogen (secondary N) is 1. The number of carbonyl (C=O) groups is 3. The molecule has 2 unspecified atom stereocenters. The minimum atomic E-state index is -2.20. The van der Waals surface area contributed by atoms with Crippen LogP contribution in [-0.4, -0.2) is 99.9 Å². The van der Waals surface area contributed by atoms with Crippen molar-refractivity contribution in [2.75, 3.05) is 20.8 Å². The van der Waals surface area contributed by atoms with Gasteiger partial charge in [0.25, 0.3) is 0 Å². The summed E-state index contributed by atoms with van der Waals surface area (Å²) in [4.78, 5) is 40.0. The fraction of sp³-hybridized carbons (Fsp3) is 0.536. The van der Waals surface area contributed by atoms with Gasteiger partial charge in [-0.25, -0.2) is 0 Å². The first-order chi connectivity index (χ1) is 19.0. The number of fused-ring (bicyclic) bond motifs is 3. The van der Waals surface area contributed by atoms with E-state index in [-0.39, 0.29) is 34.4 Å². The van der Waals surface area contributed by atoms with Crippen LogP contribution >= 0.6 is 0 Å². The van der Waals surface area contributed by atoms with E-state index in [1.165, 1.54) is 25.3 Å². The molecule has 0 bridgehead atoms. The molecule has 1 heterocycles. The zero-order valence-electron chi connectivity index (χ0n) is 22.3. The second kappa shape index (κ2) is 10.4. The Hall–Kier alpha value is -3.13. The maximum absolute atomic E-state index is 13.7. The maximum Gasteiger partial charge on any atom is 0.190 e. The minimum Gasteiger partial charge on any atom is -0.511 e. The standard InChI is InChI=1S/C28H33NO11/c1-11-23(32)14(29-2)7-18(39-11)40-16-9-28(37,17(31)10-30)8-13-20(16)27(36)22-21(25(13)34)24(33)12-5-4-6-15(38-3)19(12)26(22)35/h4-6,11,14,16,18,21-23,29-30,32,34,36-37H,7-10H2,1-3H3/t11-,14-,16-,18-,21?,22?,23+,28-/m0/s1. The Labute approximate surface area is 229 Å². The summed E-state index contributed by atoms with van der Waals surface area (Å²) in [6, 6.07) is 4.05. The molecule has 1 saturated carbocycles. The van der Waals surface area contributed by atoms with Crippen LogP contribution < -0.4 is 10.1 Å². The molecule has 3 aliphatic carbocycles. The van der Waals surface area contributed by atoms with Gasteiger partial charge in [0.2, 0.25) is 0 Å². The number of allylic oxidation sites excluding steroid dienone is 2. The highest BCUT2D eigenvalue weighted by Crippen LogP contribution is 2.51. The van der Waals surface area contributed by atoms with E-state index in [2.05, 4.69) is 5.32 Å². The molecular weight excluding hydrogens is 526 g/mol. The van der Waals surface area contributed by atoms with Crippen molar-refractivity contribution in [3.8, 4) is 5.75 Å². The molecule has 1 saturated heterocycles. The normalized spacial score (nSPS) is 35.7. The molecule has 12 heteroatoms. The van der Waals surface area contributed by atoms with E-state index >= 15 is 0 Å². The number of aliphatic hydroxyl groups is 5. The Morgan fingerprint density at radius 1 is 1.18 bits per heavy atom. The Balaban J connectivity index is 1.62. The molecule has 5 rings (SSSR count). The minimum absolute atomic E-state index is 0.0144. The van der Waals surface area contributed by atoms with Crippen molar-refractivity contribution in [1.82, 2.24) is 5.32 Å². The summed E-state index contributed by atoms with van der Waals surface area (Å²) in [6.07, 6.45) is -4.53. The predicted octanol–water partition coefficient (Wildman–Crippen LogP) is 0.500. The van der Waals surface area contributed by atoms with Gasteiger partial charge in [-0.2, -0.15) is 0 Å². The summed E-state index contributed by atoms with van der Waals surface area (Å²) >= 11 is 0. The van der Waals surface area contributed by atoms with Crippen molar-refractivity contribution in [2.45, 2.75) is 62.4 Å². The first-order valence-electron chi connectivity index (χ1n) is 13.1. The number of carbonyl (C=O) groups excluding carboxylic acids is 3. The van der Waals surface area contributed by atoms with Crippen molar-refractivity contribution in [1.29, 1.82) is 0 Å². The predicted molar refractivity (Wildman–Crippen MR) is 137 cm³/mol. The van der Waals surface area contributed by atoms with E-state index in [0.717, 1.165) is 0 Å². The average Bonchev–Trinajstić information content (AvgIpc) is 2.94. The van der Waals surface area contributed by atoms with Crippen LogP contribution in [0.1, 0.15) is 46.9 Å². The summed E-state index contributed by atoms with van der Waals surface area (Å²) in [7, 11) is 3.01. The van der Waals surface area contributed by atoms with Gasteiger partial charge in [-0.05, 0) is 20.0 Å². The number of Topliss-reactive ketones (excluding diaryl/α,β-unsaturated/α-hetero) is 3. The summed E-state index contributed by atoms with van der Waals surface area (Å²) < 4.78 is 17.3. The summed E-state index contributed by atoms with van der Waals surface area (Å²) in [6.45, 7) is 0.650. The highest BCUT2D eigenvalue weighted by atomic mass is 16.7. The number of hydrogen-bond donors (Lipinski definition) is 6. The molecule has 0 spiro atoms. The van der Waals surface area contributed by atoms with Crippen LogP contribution in [0.15, 0.2) is 40.9 Å². The van der Waals surface area contributed by atoms with E-state index in [1.54, 1.807) is 14.0 Å². The summed E-state index contributed by atoms with van der Waals surface area (Å²) in [5.74, 6) is -6.14. The van der Waals surface area contributed by atoms with Crippen LogP contribution in [0.5, 0.6) is 5.75 Å². The van der Waals surface area contributed by atoms with Gasteiger partial charge in [0.1, 0.15) is 29.5 Å². The Morgan fingerprint density at radius 2 is 1.88 bits per heavy atom. The first-order valence-corrected chi connectivity index (χ1v) is 13.1. The second-order valence-electron chi connectivity index (χ2n) is 10.7. The zero-order chi connectivity index (χ0) is 29.1. The first kappa shape index (κ1) is 28.4. The molecule has 0 radical (unpaired) electrons. The van der Waals surface area contributed by atoms with E-state index in [9.17, 15) is 39.9 Å². The van der Waals surface area contributed by atoms with Crippen molar-refractivity contribution in [2.24, 2.45) is 11.8 Å². The third-order valence-electron chi connectivity index (χ3n) is 8.53. The van der Waals surface area contributed by atoms with Gasteiger partial charge >= 0.3 is 0 Å². The summed E-state index contributed by atoms with van der Waals surface area (Å²) in [5, 5.41) is 57.3.